The summed E-state index contributed by atoms with van der Waals surface area (Å²) in [5.41, 5.74) is 2.83. The standard InChI is InChI=1S/C21H18N4O2S/c1-3-13-28-21-22-19-18(23-24-21)16-11-7-8-12-17(16)25(14(2)26)20(27-19)15-9-5-4-6-10-15/h3-12,20H,1,13H2,2H3/t20-/m1/s1. The van der Waals surface area contributed by atoms with E-state index in [0.717, 1.165) is 11.1 Å². The van der Waals surface area contributed by atoms with Gasteiger partial charge in [-0.3, -0.25) is 9.69 Å². The molecule has 1 atom stereocenters. The number of ether oxygens (including phenoxy) is 1. The van der Waals surface area contributed by atoms with E-state index < -0.39 is 6.23 Å². The summed E-state index contributed by atoms with van der Waals surface area (Å²) < 4.78 is 6.27. The summed E-state index contributed by atoms with van der Waals surface area (Å²) in [5, 5.41) is 9.07. The van der Waals surface area contributed by atoms with Crippen molar-refractivity contribution in [2.75, 3.05) is 10.7 Å². The maximum Gasteiger partial charge on any atom is 0.247 e. The molecule has 4 rings (SSSR count). The van der Waals surface area contributed by atoms with Gasteiger partial charge in [0.05, 0.1) is 5.69 Å². The van der Waals surface area contributed by atoms with Crippen LogP contribution in [-0.2, 0) is 4.79 Å². The highest BCUT2D eigenvalue weighted by Crippen LogP contribution is 2.43. The summed E-state index contributed by atoms with van der Waals surface area (Å²) in [5.74, 6) is 0.883. The van der Waals surface area contributed by atoms with Gasteiger partial charge < -0.3 is 4.74 Å². The van der Waals surface area contributed by atoms with Gasteiger partial charge in [0.1, 0.15) is 0 Å². The van der Waals surface area contributed by atoms with Crippen LogP contribution in [0.5, 0.6) is 5.88 Å². The highest BCUT2D eigenvalue weighted by molar-refractivity contribution is 7.99. The molecule has 2 aromatic carbocycles. The number of carbonyl (C=O) groups excluding carboxylic acids is 1. The molecule has 0 saturated carbocycles. The molecule has 7 heteroatoms. The smallest absolute Gasteiger partial charge is 0.247 e. The zero-order chi connectivity index (χ0) is 19.5. The molecule has 0 fully saturated rings. The molecule has 6 nitrogen and oxygen atoms in total. The average molecular weight is 390 g/mol. The Morgan fingerprint density at radius 3 is 2.68 bits per heavy atom. The maximum absolute atomic E-state index is 12.6. The van der Waals surface area contributed by atoms with Crippen LogP contribution in [0.25, 0.3) is 11.3 Å². The van der Waals surface area contributed by atoms with E-state index >= 15 is 0 Å². The van der Waals surface area contributed by atoms with Crippen LogP contribution < -0.4 is 9.64 Å². The Labute approximate surface area is 167 Å². The van der Waals surface area contributed by atoms with Crippen molar-refractivity contribution >= 4 is 23.4 Å². The van der Waals surface area contributed by atoms with Crippen LogP contribution in [0.15, 0.2) is 72.4 Å². The number of amides is 1. The van der Waals surface area contributed by atoms with Crippen LogP contribution in [0.3, 0.4) is 0 Å². The summed E-state index contributed by atoms with van der Waals surface area (Å²) in [4.78, 5) is 18.8. The fourth-order valence-electron chi connectivity index (χ4n) is 3.08. The van der Waals surface area contributed by atoms with E-state index in [0.29, 0.717) is 28.2 Å². The van der Waals surface area contributed by atoms with Gasteiger partial charge in [-0.2, -0.15) is 4.98 Å². The number of hydrogen-bond acceptors (Lipinski definition) is 6. The third kappa shape index (κ3) is 3.36. The highest BCUT2D eigenvalue weighted by Gasteiger charge is 2.34. The lowest BCUT2D eigenvalue weighted by Gasteiger charge is -2.29. The van der Waals surface area contributed by atoms with Crippen LogP contribution in [0.4, 0.5) is 5.69 Å². The second kappa shape index (κ2) is 7.82. The summed E-state index contributed by atoms with van der Waals surface area (Å²) in [6.07, 6.45) is 1.12. The molecule has 0 spiro atoms. The molecule has 1 aliphatic heterocycles. The monoisotopic (exact) mass is 390 g/mol. The topological polar surface area (TPSA) is 68.2 Å². The number of aromatic nitrogens is 3. The lowest BCUT2D eigenvalue weighted by atomic mass is 10.1. The maximum atomic E-state index is 12.6. The van der Waals surface area contributed by atoms with Crippen molar-refractivity contribution in [2.45, 2.75) is 18.3 Å². The average Bonchev–Trinajstić information content (AvgIpc) is 2.87. The first kappa shape index (κ1) is 18.2. The van der Waals surface area contributed by atoms with Crippen LogP contribution >= 0.6 is 11.8 Å². The molecule has 28 heavy (non-hydrogen) atoms. The Morgan fingerprint density at radius 2 is 1.93 bits per heavy atom. The Balaban J connectivity index is 1.91. The first-order valence-electron chi connectivity index (χ1n) is 8.78. The molecular formula is C21H18N4O2S. The molecule has 0 unspecified atom stereocenters. The number of anilines is 1. The fourth-order valence-corrected chi connectivity index (χ4v) is 3.59. The molecule has 1 amide bonds. The van der Waals surface area contributed by atoms with E-state index in [1.807, 2.05) is 54.6 Å². The van der Waals surface area contributed by atoms with E-state index in [9.17, 15) is 4.79 Å². The first-order valence-corrected chi connectivity index (χ1v) is 9.77. The summed E-state index contributed by atoms with van der Waals surface area (Å²) in [6.45, 7) is 5.24. The molecule has 0 radical (unpaired) electrons. The van der Waals surface area contributed by atoms with Gasteiger partial charge in [-0.15, -0.1) is 16.8 Å². The van der Waals surface area contributed by atoms with E-state index in [2.05, 4.69) is 21.8 Å². The van der Waals surface area contributed by atoms with E-state index in [-0.39, 0.29) is 5.91 Å². The lowest BCUT2D eigenvalue weighted by Crippen LogP contribution is -2.36. The molecule has 3 aromatic rings. The first-order chi connectivity index (χ1) is 13.7. The molecule has 1 aliphatic rings. The van der Waals surface area contributed by atoms with Crippen molar-refractivity contribution in [1.29, 1.82) is 0 Å². The number of benzene rings is 2. The zero-order valence-corrected chi connectivity index (χ0v) is 16.1. The van der Waals surface area contributed by atoms with Crippen molar-refractivity contribution in [1.82, 2.24) is 15.2 Å². The number of nitrogens with zero attached hydrogens (tertiary/aromatic N) is 4. The van der Waals surface area contributed by atoms with Crippen LogP contribution in [-0.4, -0.2) is 26.8 Å². The van der Waals surface area contributed by atoms with Gasteiger partial charge in [-0.05, 0) is 6.07 Å². The third-order valence-electron chi connectivity index (χ3n) is 4.27. The number of thioether (sulfide) groups is 1. The second-order valence-corrected chi connectivity index (χ2v) is 7.12. The molecule has 0 N–H and O–H groups in total. The number of fused-ring (bicyclic) bond motifs is 3. The van der Waals surface area contributed by atoms with Gasteiger partial charge >= 0.3 is 0 Å². The third-order valence-corrected chi connectivity index (χ3v) is 5.10. The minimum atomic E-state index is -0.657. The van der Waals surface area contributed by atoms with E-state index in [1.165, 1.54) is 18.7 Å². The van der Waals surface area contributed by atoms with E-state index in [1.54, 1.807) is 11.0 Å². The molecule has 0 aliphatic carbocycles. The summed E-state index contributed by atoms with van der Waals surface area (Å²) in [7, 11) is 0. The van der Waals surface area contributed by atoms with Gasteiger partial charge in [-0.25, -0.2) is 0 Å². The zero-order valence-electron chi connectivity index (χ0n) is 15.3. The van der Waals surface area contributed by atoms with Crippen molar-refractivity contribution in [3.05, 3.63) is 72.8 Å². The van der Waals surface area contributed by atoms with Gasteiger partial charge in [0.2, 0.25) is 23.2 Å². The fraction of sp³-hybridized carbons (Fsp3) is 0.143. The van der Waals surface area contributed by atoms with Gasteiger partial charge in [0, 0.05) is 23.8 Å². The summed E-state index contributed by atoms with van der Waals surface area (Å²) >= 11 is 1.42. The van der Waals surface area contributed by atoms with Crippen molar-refractivity contribution in [2.24, 2.45) is 0 Å². The second-order valence-electron chi connectivity index (χ2n) is 6.13. The normalized spacial score (nSPS) is 15.0. The lowest BCUT2D eigenvalue weighted by molar-refractivity contribution is -0.118. The number of hydrogen-bond donors (Lipinski definition) is 0. The van der Waals surface area contributed by atoms with E-state index in [4.69, 9.17) is 4.74 Å². The minimum absolute atomic E-state index is 0.136. The molecule has 0 bridgehead atoms. The number of carbonyl (C=O) groups is 1. The Kier molecular flexibility index (Phi) is 5.08. The minimum Gasteiger partial charge on any atom is -0.447 e. The molecule has 2 heterocycles. The Morgan fingerprint density at radius 1 is 1.18 bits per heavy atom. The van der Waals surface area contributed by atoms with Gasteiger partial charge in [0.25, 0.3) is 0 Å². The highest BCUT2D eigenvalue weighted by atomic mass is 32.2. The summed E-state index contributed by atoms with van der Waals surface area (Å²) in [6, 6.07) is 17.2. The molecule has 1 aromatic heterocycles. The molecule has 140 valence electrons. The van der Waals surface area contributed by atoms with Crippen molar-refractivity contribution < 1.29 is 9.53 Å². The number of rotatable bonds is 4. The molecule has 0 saturated heterocycles. The van der Waals surface area contributed by atoms with Crippen molar-refractivity contribution in [3.8, 4) is 17.1 Å². The predicted octanol–water partition coefficient (Wildman–Crippen LogP) is 4.26. The number of para-hydroxylation sites is 1. The van der Waals surface area contributed by atoms with Crippen LogP contribution in [0.2, 0.25) is 0 Å². The quantitative estimate of drug-likeness (QED) is 0.490. The van der Waals surface area contributed by atoms with Gasteiger partial charge in [-0.1, -0.05) is 66.4 Å². The van der Waals surface area contributed by atoms with Crippen LogP contribution in [0.1, 0.15) is 18.7 Å². The van der Waals surface area contributed by atoms with Crippen molar-refractivity contribution in [3.63, 3.8) is 0 Å². The Bertz CT molecular complexity index is 1030. The largest absolute Gasteiger partial charge is 0.447 e. The van der Waals surface area contributed by atoms with Gasteiger partial charge in [0.15, 0.2) is 5.69 Å². The Hall–Kier alpha value is -3.19. The SMILES string of the molecule is C=CCSc1nnc2c(n1)O[C@H](c1ccccc1)N(C(C)=O)c1ccccc1-2. The van der Waals surface area contributed by atoms with Crippen LogP contribution in [0, 0.1) is 0 Å². The predicted molar refractivity (Wildman–Crippen MR) is 109 cm³/mol. The molecular weight excluding hydrogens is 372 g/mol.